The Bertz CT molecular complexity index is 749. The van der Waals surface area contributed by atoms with Crippen LogP contribution in [0.4, 0.5) is 11.4 Å². The van der Waals surface area contributed by atoms with Gasteiger partial charge >= 0.3 is 0 Å². The van der Waals surface area contributed by atoms with Gasteiger partial charge in [0.2, 0.25) is 0 Å². The van der Waals surface area contributed by atoms with Gasteiger partial charge in [0.05, 0.1) is 27.4 Å². The van der Waals surface area contributed by atoms with Crippen molar-refractivity contribution in [1.82, 2.24) is 9.78 Å². The first-order valence-corrected chi connectivity index (χ1v) is 7.05. The maximum atomic E-state index is 12.1. The Kier molecular flexibility index (Phi) is 3.45. The molecule has 0 saturated heterocycles. The fourth-order valence-corrected chi connectivity index (χ4v) is 2.65. The van der Waals surface area contributed by atoms with E-state index in [1.165, 1.54) is 23.0 Å². The molecule has 106 valence electrons. The first-order chi connectivity index (χ1) is 9.31. The van der Waals surface area contributed by atoms with Crippen molar-refractivity contribution in [2.24, 2.45) is 7.05 Å². The summed E-state index contributed by atoms with van der Waals surface area (Å²) in [4.78, 5) is 9.89. The molecule has 8 nitrogen and oxygen atoms in total. The summed E-state index contributed by atoms with van der Waals surface area (Å²) >= 11 is 0. The number of anilines is 1. The van der Waals surface area contributed by atoms with E-state index in [1.807, 2.05) is 0 Å². The Morgan fingerprint density at radius 1 is 1.30 bits per heavy atom. The molecule has 9 heteroatoms. The third-order valence-electron chi connectivity index (χ3n) is 2.84. The minimum Gasteiger partial charge on any atom is -0.276 e. The van der Waals surface area contributed by atoms with Gasteiger partial charge in [0.25, 0.3) is 15.7 Å². The van der Waals surface area contributed by atoms with Gasteiger partial charge in [-0.3, -0.25) is 19.5 Å². The molecule has 1 aromatic heterocycles. The van der Waals surface area contributed by atoms with E-state index in [0.29, 0.717) is 11.4 Å². The van der Waals surface area contributed by atoms with Crippen LogP contribution in [0.1, 0.15) is 5.69 Å². The highest BCUT2D eigenvalue weighted by atomic mass is 32.2. The smallest absolute Gasteiger partial charge is 0.269 e. The molecule has 0 saturated carbocycles. The Morgan fingerprint density at radius 2 is 1.90 bits per heavy atom. The molecule has 0 atom stereocenters. The number of non-ortho nitro benzene ring substituents is 1. The summed E-state index contributed by atoms with van der Waals surface area (Å²) < 4.78 is 28.2. The zero-order valence-corrected chi connectivity index (χ0v) is 11.6. The van der Waals surface area contributed by atoms with E-state index in [2.05, 4.69) is 9.82 Å². The SMILES string of the molecule is Cc1c(NS(=O)(=O)c2ccc([N+](=O)[O-])cc2)cnn1C. The van der Waals surface area contributed by atoms with Crippen LogP contribution < -0.4 is 4.72 Å². The van der Waals surface area contributed by atoms with Gasteiger partial charge in [-0.1, -0.05) is 0 Å². The Hall–Kier alpha value is -2.42. The van der Waals surface area contributed by atoms with E-state index in [4.69, 9.17) is 0 Å². The summed E-state index contributed by atoms with van der Waals surface area (Å²) in [7, 11) is -2.10. The lowest BCUT2D eigenvalue weighted by Crippen LogP contribution is -2.13. The number of hydrogen-bond donors (Lipinski definition) is 1. The molecule has 2 rings (SSSR count). The average Bonchev–Trinajstić information content (AvgIpc) is 2.70. The van der Waals surface area contributed by atoms with E-state index >= 15 is 0 Å². The molecule has 0 radical (unpaired) electrons. The summed E-state index contributed by atoms with van der Waals surface area (Å²) in [5.74, 6) is 0. The zero-order chi connectivity index (χ0) is 14.9. The average molecular weight is 296 g/mol. The van der Waals surface area contributed by atoms with Crippen LogP contribution in [0.3, 0.4) is 0 Å². The first kappa shape index (κ1) is 14.0. The number of aryl methyl sites for hydroxylation is 1. The van der Waals surface area contributed by atoms with Gasteiger partial charge in [-0.2, -0.15) is 5.10 Å². The summed E-state index contributed by atoms with van der Waals surface area (Å²) in [6.45, 7) is 1.72. The number of sulfonamides is 1. The van der Waals surface area contributed by atoms with Crippen LogP contribution in [0.25, 0.3) is 0 Å². The van der Waals surface area contributed by atoms with Crippen molar-refractivity contribution in [3.8, 4) is 0 Å². The third-order valence-corrected chi connectivity index (χ3v) is 4.22. The number of nitro benzene ring substituents is 1. The van der Waals surface area contributed by atoms with Crippen molar-refractivity contribution < 1.29 is 13.3 Å². The van der Waals surface area contributed by atoms with Crippen LogP contribution in [0.5, 0.6) is 0 Å². The van der Waals surface area contributed by atoms with Gasteiger partial charge in [-0.25, -0.2) is 8.42 Å². The molecule has 1 N–H and O–H groups in total. The van der Waals surface area contributed by atoms with E-state index in [-0.39, 0.29) is 10.6 Å². The molecular formula is C11H12N4O4S. The minimum absolute atomic E-state index is 0.0497. The second kappa shape index (κ2) is 4.93. The fraction of sp³-hybridized carbons (Fsp3) is 0.182. The van der Waals surface area contributed by atoms with E-state index in [9.17, 15) is 18.5 Å². The molecular weight excluding hydrogens is 284 g/mol. The van der Waals surface area contributed by atoms with Crippen LogP contribution in [0, 0.1) is 17.0 Å². The molecule has 1 aromatic carbocycles. The molecule has 20 heavy (non-hydrogen) atoms. The zero-order valence-electron chi connectivity index (χ0n) is 10.8. The van der Waals surface area contributed by atoms with Crippen molar-refractivity contribution in [1.29, 1.82) is 0 Å². The van der Waals surface area contributed by atoms with Crippen molar-refractivity contribution in [3.05, 3.63) is 46.3 Å². The molecule has 0 aliphatic heterocycles. The molecule has 0 aliphatic rings. The highest BCUT2D eigenvalue weighted by Gasteiger charge is 2.18. The van der Waals surface area contributed by atoms with Gasteiger partial charge < -0.3 is 0 Å². The van der Waals surface area contributed by atoms with Gasteiger partial charge in [-0.15, -0.1) is 0 Å². The Labute approximate surface area is 115 Å². The number of nitro groups is 1. The quantitative estimate of drug-likeness (QED) is 0.678. The summed E-state index contributed by atoms with van der Waals surface area (Å²) in [5, 5.41) is 14.5. The molecule has 0 bridgehead atoms. The number of aromatic nitrogens is 2. The number of nitrogens with one attached hydrogen (secondary N) is 1. The van der Waals surface area contributed by atoms with Crippen molar-refractivity contribution in [3.63, 3.8) is 0 Å². The number of benzene rings is 1. The Balaban J connectivity index is 2.31. The van der Waals surface area contributed by atoms with Gasteiger partial charge in [0.1, 0.15) is 0 Å². The monoisotopic (exact) mass is 296 g/mol. The normalized spacial score (nSPS) is 11.3. The molecule has 1 heterocycles. The second-order valence-electron chi connectivity index (χ2n) is 4.12. The molecule has 0 aliphatic carbocycles. The van der Waals surface area contributed by atoms with Crippen LogP contribution in [0.2, 0.25) is 0 Å². The van der Waals surface area contributed by atoms with Crippen LogP contribution in [0.15, 0.2) is 35.4 Å². The van der Waals surface area contributed by atoms with Crippen LogP contribution in [-0.2, 0) is 17.1 Å². The summed E-state index contributed by atoms with van der Waals surface area (Å²) in [6.07, 6.45) is 1.40. The lowest BCUT2D eigenvalue weighted by Gasteiger charge is -2.07. The van der Waals surface area contributed by atoms with Gasteiger partial charge in [-0.05, 0) is 19.1 Å². The maximum absolute atomic E-state index is 12.1. The standard InChI is InChI=1S/C11H12N4O4S/c1-8-11(7-12-14(8)2)13-20(18,19)10-5-3-9(4-6-10)15(16)17/h3-7,13H,1-2H3. The predicted octanol–water partition coefficient (Wildman–Crippen LogP) is 1.44. The predicted molar refractivity (Wildman–Crippen MR) is 71.8 cm³/mol. The number of hydrogen-bond acceptors (Lipinski definition) is 5. The largest absolute Gasteiger partial charge is 0.276 e. The van der Waals surface area contributed by atoms with Gasteiger partial charge in [0, 0.05) is 19.2 Å². The van der Waals surface area contributed by atoms with Crippen LogP contribution in [-0.4, -0.2) is 23.1 Å². The first-order valence-electron chi connectivity index (χ1n) is 5.57. The lowest BCUT2D eigenvalue weighted by atomic mass is 10.3. The van der Waals surface area contributed by atoms with E-state index in [0.717, 1.165) is 12.1 Å². The fourth-order valence-electron chi connectivity index (χ4n) is 1.55. The lowest BCUT2D eigenvalue weighted by molar-refractivity contribution is -0.384. The maximum Gasteiger partial charge on any atom is 0.269 e. The second-order valence-corrected chi connectivity index (χ2v) is 5.81. The van der Waals surface area contributed by atoms with Crippen LogP contribution >= 0.6 is 0 Å². The topological polar surface area (TPSA) is 107 Å². The number of nitrogens with zero attached hydrogens (tertiary/aromatic N) is 3. The third kappa shape index (κ3) is 2.62. The molecule has 0 unspecified atom stereocenters. The van der Waals surface area contributed by atoms with E-state index < -0.39 is 14.9 Å². The highest BCUT2D eigenvalue weighted by Crippen LogP contribution is 2.20. The molecule has 0 spiro atoms. The van der Waals surface area contributed by atoms with Crippen molar-refractivity contribution >= 4 is 21.4 Å². The molecule has 2 aromatic rings. The molecule has 0 amide bonds. The highest BCUT2D eigenvalue weighted by molar-refractivity contribution is 7.92. The summed E-state index contributed by atoms with van der Waals surface area (Å²) in [6, 6.07) is 4.66. The van der Waals surface area contributed by atoms with Crippen molar-refractivity contribution in [2.75, 3.05) is 4.72 Å². The summed E-state index contributed by atoms with van der Waals surface area (Å²) in [5.41, 5.74) is 0.864. The Morgan fingerprint density at radius 3 is 2.35 bits per heavy atom. The van der Waals surface area contributed by atoms with Crippen molar-refractivity contribution in [2.45, 2.75) is 11.8 Å². The van der Waals surface area contributed by atoms with Gasteiger partial charge in [0.15, 0.2) is 0 Å². The molecule has 0 fully saturated rings. The van der Waals surface area contributed by atoms with E-state index in [1.54, 1.807) is 14.0 Å². The number of rotatable bonds is 4. The minimum atomic E-state index is -3.79.